The van der Waals surface area contributed by atoms with Gasteiger partial charge >= 0.3 is 5.97 Å². The van der Waals surface area contributed by atoms with Crippen LogP contribution in [0.3, 0.4) is 0 Å². The summed E-state index contributed by atoms with van der Waals surface area (Å²) >= 11 is 0. The molecule has 4 nitrogen and oxygen atoms in total. The summed E-state index contributed by atoms with van der Waals surface area (Å²) in [4.78, 5) is 21.8. The highest BCUT2D eigenvalue weighted by Crippen LogP contribution is 2.03. The van der Waals surface area contributed by atoms with Crippen LogP contribution in [0.4, 0.5) is 0 Å². The minimum absolute atomic E-state index is 0.00231. The predicted octanol–water partition coefficient (Wildman–Crippen LogP) is 2.30. The van der Waals surface area contributed by atoms with Crippen molar-refractivity contribution in [2.75, 3.05) is 6.54 Å². The highest BCUT2D eigenvalue weighted by molar-refractivity contribution is 5.75. The van der Waals surface area contributed by atoms with Crippen LogP contribution in [-0.4, -0.2) is 23.5 Å². The molecule has 0 aromatic heterocycles. The second-order valence-electron chi connectivity index (χ2n) is 4.69. The van der Waals surface area contributed by atoms with E-state index in [0.29, 0.717) is 25.8 Å². The Bertz CT molecular complexity index is 412. The first kappa shape index (κ1) is 15.2. The second kappa shape index (κ2) is 8.29. The van der Waals surface area contributed by atoms with Gasteiger partial charge in [-0.3, -0.25) is 9.59 Å². The second-order valence-corrected chi connectivity index (χ2v) is 4.69. The number of carboxylic acids is 1. The first-order valence-electron chi connectivity index (χ1n) is 6.62. The van der Waals surface area contributed by atoms with Gasteiger partial charge in [-0.05, 0) is 31.7 Å². The van der Waals surface area contributed by atoms with Crippen LogP contribution in [0.1, 0.15) is 36.8 Å². The fourth-order valence-corrected chi connectivity index (χ4v) is 1.75. The lowest BCUT2D eigenvalue weighted by atomic mass is 10.1. The molecule has 1 aromatic rings. The summed E-state index contributed by atoms with van der Waals surface area (Å²) in [6.45, 7) is 2.67. The van der Waals surface area contributed by atoms with Crippen molar-refractivity contribution >= 4 is 11.9 Å². The normalized spacial score (nSPS) is 10.2. The molecular weight excluding hydrogens is 242 g/mol. The number of carboxylic acid groups (broad SMARTS) is 1. The van der Waals surface area contributed by atoms with Crippen LogP contribution >= 0.6 is 0 Å². The smallest absolute Gasteiger partial charge is 0.303 e. The molecular formula is C15H21NO3. The molecule has 1 rings (SSSR count). The summed E-state index contributed by atoms with van der Waals surface area (Å²) in [5, 5.41) is 11.3. The Balaban J connectivity index is 2.10. The molecule has 0 unspecified atom stereocenters. The third-order valence-electron chi connectivity index (χ3n) is 2.90. The third kappa shape index (κ3) is 7.24. The number of hydrogen-bond donors (Lipinski definition) is 2. The van der Waals surface area contributed by atoms with Gasteiger partial charge in [0, 0.05) is 19.4 Å². The van der Waals surface area contributed by atoms with Gasteiger partial charge in [-0.1, -0.05) is 29.8 Å². The Hall–Kier alpha value is -1.84. The highest BCUT2D eigenvalue weighted by Gasteiger charge is 2.02. The van der Waals surface area contributed by atoms with Gasteiger partial charge in [0.25, 0.3) is 0 Å². The number of hydrogen-bond acceptors (Lipinski definition) is 2. The van der Waals surface area contributed by atoms with Crippen molar-refractivity contribution in [1.82, 2.24) is 5.32 Å². The molecule has 0 spiro atoms. The topological polar surface area (TPSA) is 66.4 Å². The quantitative estimate of drug-likeness (QED) is 0.707. The number of aryl methyl sites for hydroxylation is 1. The van der Waals surface area contributed by atoms with E-state index in [0.717, 1.165) is 6.42 Å². The van der Waals surface area contributed by atoms with Crippen LogP contribution in [0.2, 0.25) is 0 Å². The summed E-state index contributed by atoms with van der Waals surface area (Å²) in [6.07, 6.45) is 2.54. The average molecular weight is 263 g/mol. The Morgan fingerprint density at radius 1 is 1.11 bits per heavy atom. The van der Waals surface area contributed by atoms with E-state index in [1.807, 2.05) is 6.92 Å². The maximum atomic E-state index is 11.5. The Kier molecular flexibility index (Phi) is 6.64. The Labute approximate surface area is 113 Å². The van der Waals surface area contributed by atoms with Crippen molar-refractivity contribution in [3.63, 3.8) is 0 Å². The van der Waals surface area contributed by atoms with E-state index in [1.165, 1.54) is 11.1 Å². The molecule has 1 aromatic carbocycles. The maximum Gasteiger partial charge on any atom is 0.303 e. The Morgan fingerprint density at radius 2 is 1.74 bits per heavy atom. The molecule has 0 aliphatic carbocycles. The summed E-state index contributed by atoms with van der Waals surface area (Å²) < 4.78 is 0. The average Bonchev–Trinajstić information content (AvgIpc) is 2.37. The predicted molar refractivity (Wildman–Crippen MR) is 74.0 cm³/mol. The van der Waals surface area contributed by atoms with E-state index in [1.54, 1.807) is 0 Å². The van der Waals surface area contributed by atoms with Crippen LogP contribution in [0.15, 0.2) is 24.3 Å². The molecule has 104 valence electrons. The van der Waals surface area contributed by atoms with E-state index >= 15 is 0 Å². The standard InChI is InChI=1S/C15H21NO3/c1-12-6-8-13(9-7-12)10-11-16-14(17)4-2-3-5-15(18)19/h6-9H,2-5,10-11H2,1H3,(H,16,17)(H,18,19). The van der Waals surface area contributed by atoms with Gasteiger partial charge < -0.3 is 10.4 Å². The molecule has 2 N–H and O–H groups in total. The van der Waals surface area contributed by atoms with Gasteiger partial charge in [-0.15, -0.1) is 0 Å². The van der Waals surface area contributed by atoms with Crippen molar-refractivity contribution in [3.8, 4) is 0 Å². The molecule has 4 heteroatoms. The number of aliphatic carboxylic acids is 1. The van der Waals surface area contributed by atoms with E-state index in [9.17, 15) is 9.59 Å². The number of carbonyl (C=O) groups excluding carboxylic acids is 1. The zero-order valence-electron chi connectivity index (χ0n) is 11.3. The molecule has 0 saturated heterocycles. The summed E-state index contributed by atoms with van der Waals surface area (Å²) in [5.41, 5.74) is 2.43. The first-order chi connectivity index (χ1) is 9.08. The number of rotatable bonds is 8. The number of nitrogens with one attached hydrogen (secondary N) is 1. The van der Waals surface area contributed by atoms with Gasteiger partial charge in [0.1, 0.15) is 0 Å². The molecule has 19 heavy (non-hydrogen) atoms. The summed E-state index contributed by atoms with van der Waals surface area (Å²) in [6, 6.07) is 8.24. The van der Waals surface area contributed by atoms with Gasteiger partial charge in [-0.2, -0.15) is 0 Å². The van der Waals surface area contributed by atoms with Gasteiger partial charge in [0.05, 0.1) is 0 Å². The van der Waals surface area contributed by atoms with Crippen molar-refractivity contribution in [2.24, 2.45) is 0 Å². The van der Waals surface area contributed by atoms with Crippen molar-refractivity contribution in [1.29, 1.82) is 0 Å². The lowest BCUT2D eigenvalue weighted by molar-refractivity contribution is -0.137. The minimum atomic E-state index is -0.806. The number of unbranched alkanes of at least 4 members (excludes halogenated alkanes) is 1. The fourth-order valence-electron chi connectivity index (χ4n) is 1.75. The number of carbonyl (C=O) groups is 2. The third-order valence-corrected chi connectivity index (χ3v) is 2.90. The van der Waals surface area contributed by atoms with Gasteiger partial charge in [0.2, 0.25) is 5.91 Å². The van der Waals surface area contributed by atoms with Crippen LogP contribution in [0.25, 0.3) is 0 Å². The van der Waals surface area contributed by atoms with Crippen LogP contribution in [-0.2, 0) is 16.0 Å². The zero-order chi connectivity index (χ0) is 14.1. The monoisotopic (exact) mass is 263 g/mol. The summed E-state index contributed by atoms with van der Waals surface area (Å²) in [7, 11) is 0. The van der Waals surface area contributed by atoms with Crippen LogP contribution in [0.5, 0.6) is 0 Å². The van der Waals surface area contributed by atoms with Crippen molar-refractivity contribution < 1.29 is 14.7 Å². The minimum Gasteiger partial charge on any atom is -0.481 e. The zero-order valence-corrected chi connectivity index (χ0v) is 11.3. The summed E-state index contributed by atoms with van der Waals surface area (Å²) in [5.74, 6) is -0.808. The van der Waals surface area contributed by atoms with Crippen molar-refractivity contribution in [3.05, 3.63) is 35.4 Å². The van der Waals surface area contributed by atoms with E-state index < -0.39 is 5.97 Å². The molecule has 0 heterocycles. The van der Waals surface area contributed by atoms with Crippen molar-refractivity contribution in [2.45, 2.75) is 39.0 Å². The first-order valence-corrected chi connectivity index (χ1v) is 6.62. The van der Waals surface area contributed by atoms with Gasteiger partial charge in [-0.25, -0.2) is 0 Å². The molecule has 0 aliphatic rings. The Morgan fingerprint density at radius 3 is 2.37 bits per heavy atom. The van der Waals surface area contributed by atoms with Gasteiger partial charge in [0.15, 0.2) is 0 Å². The molecule has 1 amide bonds. The molecule has 0 bridgehead atoms. The molecule has 0 aliphatic heterocycles. The molecule has 0 fully saturated rings. The molecule has 0 radical (unpaired) electrons. The largest absolute Gasteiger partial charge is 0.481 e. The van der Waals surface area contributed by atoms with Crippen LogP contribution in [0, 0.1) is 6.92 Å². The lowest BCUT2D eigenvalue weighted by Gasteiger charge is -2.05. The fraction of sp³-hybridized carbons (Fsp3) is 0.467. The highest BCUT2D eigenvalue weighted by atomic mass is 16.4. The van der Waals surface area contributed by atoms with E-state index in [2.05, 4.69) is 29.6 Å². The SMILES string of the molecule is Cc1ccc(CCNC(=O)CCCCC(=O)O)cc1. The van der Waals surface area contributed by atoms with E-state index in [-0.39, 0.29) is 12.3 Å². The van der Waals surface area contributed by atoms with Crippen LogP contribution < -0.4 is 5.32 Å². The number of benzene rings is 1. The number of amides is 1. The molecule has 0 saturated carbocycles. The lowest BCUT2D eigenvalue weighted by Crippen LogP contribution is -2.25. The van der Waals surface area contributed by atoms with E-state index in [4.69, 9.17) is 5.11 Å². The molecule has 0 atom stereocenters. The maximum absolute atomic E-state index is 11.5.